The predicted octanol–water partition coefficient (Wildman–Crippen LogP) is 7.36. The van der Waals surface area contributed by atoms with Crippen molar-refractivity contribution in [3.8, 4) is 0 Å². The zero-order valence-electron chi connectivity index (χ0n) is 23.5. The number of carbonyl (C=O) groups excluding carboxylic acids is 3. The Morgan fingerprint density at radius 1 is 0.683 bits per heavy atom. The van der Waals surface area contributed by atoms with Crippen LogP contribution in [0.4, 0.5) is 8.78 Å². The summed E-state index contributed by atoms with van der Waals surface area (Å²) in [5, 5.41) is 0. The molecule has 0 radical (unpaired) electrons. The maximum absolute atomic E-state index is 12.4. The Kier molecular flexibility index (Phi) is 14.2. The average molecular weight is 571 g/mol. The van der Waals surface area contributed by atoms with Crippen molar-refractivity contribution >= 4 is 17.7 Å². The van der Waals surface area contributed by atoms with Crippen LogP contribution in [0.5, 0.6) is 0 Å². The van der Waals surface area contributed by atoms with Crippen LogP contribution in [0, 0.1) is 11.8 Å². The van der Waals surface area contributed by atoms with Gasteiger partial charge in [0.15, 0.2) is 0 Å². The average Bonchev–Trinajstić information content (AvgIpc) is 3.61. The quantitative estimate of drug-likeness (QED) is 0.338. The van der Waals surface area contributed by atoms with Crippen LogP contribution in [-0.4, -0.2) is 30.9 Å². The standard InChI is InChI=1S/C15H16F2O2.C14H16O3.C4H8O/c16-14(17)12-6-8-13(9-7-12)15(18)19-10-11-4-2-1-3-5-11;15-13-8-6-12(7-9-13)14(16)17-10-11-4-2-1-3-5-11;1-2-4-5-3-1/h1-5,13H,6-10H2;1-5,12H,6-10H2;1-4H2. The van der Waals surface area contributed by atoms with Crippen molar-refractivity contribution in [1.29, 1.82) is 0 Å². The van der Waals surface area contributed by atoms with Gasteiger partial charge in [0.05, 0.1) is 11.8 Å². The second-order valence-electron chi connectivity index (χ2n) is 10.5. The van der Waals surface area contributed by atoms with Gasteiger partial charge in [-0.05, 0) is 68.1 Å². The van der Waals surface area contributed by atoms with Crippen molar-refractivity contribution in [3.63, 3.8) is 0 Å². The molecule has 0 bridgehead atoms. The van der Waals surface area contributed by atoms with Gasteiger partial charge in [0.2, 0.25) is 0 Å². The molecule has 0 aromatic heterocycles. The molecule has 6 nitrogen and oxygen atoms in total. The molecule has 0 unspecified atom stereocenters. The van der Waals surface area contributed by atoms with Crippen LogP contribution in [-0.2, 0) is 41.8 Å². The van der Waals surface area contributed by atoms with E-state index < -0.39 is 6.08 Å². The van der Waals surface area contributed by atoms with Crippen molar-refractivity contribution in [1.82, 2.24) is 0 Å². The molecule has 3 fully saturated rings. The van der Waals surface area contributed by atoms with E-state index in [1.54, 1.807) is 0 Å². The molecule has 8 heteroatoms. The molecular weight excluding hydrogens is 530 g/mol. The molecule has 0 spiro atoms. The Balaban J connectivity index is 0.000000193. The van der Waals surface area contributed by atoms with Gasteiger partial charge in [0.25, 0.3) is 6.08 Å². The minimum atomic E-state index is -1.59. The fourth-order valence-corrected chi connectivity index (χ4v) is 4.77. The molecule has 3 aliphatic rings. The summed E-state index contributed by atoms with van der Waals surface area (Å²) < 4.78 is 40.2. The van der Waals surface area contributed by atoms with Gasteiger partial charge in [-0.1, -0.05) is 60.7 Å². The van der Waals surface area contributed by atoms with Crippen LogP contribution < -0.4 is 0 Å². The Bertz CT molecular complexity index is 1080. The number of hydrogen-bond donors (Lipinski definition) is 0. The van der Waals surface area contributed by atoms with Crippen molar-refractivity contribution in [2.24, 2.45) is 11.8 Å². The first kappa shape index (κ1) is 32.1. The largest absolute Gasteiger partial charge is 0.461 e. The summed E-state index contributed by atoms with van der Waals surface area (Å²) in [7, 11) is 0. The van der Waals surface area contributed by atoms with E-state index in [0.29, 0.717) is 58.0 Å². The number of rotatable bonds is 6. The topological polar surface area (TPSA) is 78.9 Å². The van der Waals surface area contributed by atoms with Crippen LogP contribution in [0.25, 0.3) is 0 Å². The molecule has 2 aromatic carbocycles. The maximum atomic E-state index is 12.4. The highest BCUT2D eigenvalue weighted by Crippen LogP contribution is 2.32. The van der Waals surface area contributed by atoms with Crippen LogP contribution >= 0.6 is 0 Å². The number of esters is 2. The SMILES string of the molecule is C1CCOC1.O=C(OCc1ccccc1)C1CCC(=C(F)F)CC1.O=C1CCC(C(=O)OCc2ccccc2)CC1. The highest BCUT2D eigenvalue weighted by Gasteiger charge is 2.27. The number of allylic oxidation sites excluding steroid dienone is 1. The van der Waals surface area contributed by atoms with Gasteiger partial charge >= 0.3 is 11.9 Å². The second-order valence-corrected chi connectivity index (χ2v) is 10.5. The van der Waals surface area contributed by atoms with Crippen LogP contribution in [0.15, 0.2) is 72.3 Å². The molecule has 2 saturated carbocycles. The minimum Gasteiger partial charge on any atom is -0.461 e. The van der Waals surface area contributed by atoms with Crippen molar-refractivity contribution in [2.75, 3.05) is 13.2 Å². The molecule has 222 valence electrons. The second kappa shape index (κ2) is 18.1. The Morgan fingerprint density at radius 2 is 1.10 bits per heavy atom. The first-order valence-corrected chi connectivity index (χ1v) is 14.5. The number of halogens is 2. The van der Waals surface area contributed by atoms with Gasteiger partial charge in [-0.3, -0.25) is 14.4 Å². The first-order chi connectivity index (χ1) is 19.9. The summed E-state index contributed by atoms with van der Waals surface area (Å²) in [6, 6.07) is 19.0. The lowest BCUT2D eigenvalue weighted by atomic mass is 9.86. The van der Waals surface area contributed by atoms with Gasteiger partial charge < -0.3 is 14.2 Å². The zero-order chi connectivity index (χ0) is 29.3. The van der Waals surface area contributed by atoms with Crippen molar-refractivity contribution in [2.45, 2.75) is 77.4 Å². The van der Waals surface area contributed by atoms with E-state index in [-0.39, 0.29) is 41.7 Å². The Hall–Kier alpha value is -3.39. The first-order valence-electron chi connectivity index (χ1n) is 14.5. The number of benzene rings is 2. The Labute approximate surface area is 241 Å². The molecule has 1 saturated heterocycles. The van der Waals surface area contributed by atoms with Crippen molar-refractivity contribution < 1.29 is 37.4 Å². The molecule has 2 aliphatic carbocycles. The third kappa shape index (κ3) is 12.3. The van der Waals surface area contributed by atoms with E-state index in [2.05, 4.69) is 0 Å². The summed E-state index contributed by atoms with van der Waals surface area (Å²) in [6.07, 6.45) is 4.81. The maximum Gasteiger partial charge on any atom is 0.309 e. The number of ketones is 1. The van der Waals surface area contributed by atoms with Gasteiger partial charge in [-0.2, -0.15) is 8.78 Å². The summed E-state index contributed by atoms with van der Waals surface area (Å²) >= 11 is 0. The van der Waals surface area contributed by atoms with Crippen LogP contribution in [0.2, 0.25) is 0 Å². The molecule has 5 rings (SSSR count). The minimum absolute atomic E-state index is 0.0867. The van der Waals surface area contributed by atoms with E-state index in [1.165, 1.54) is 12.8 Å². The highest BCUT2D eigenvalue weighted by atomic mass is 19.3. The molecule has 1 aliphatic heterocycles. The number of carbonyl (C=O) groups is 3. The van der Waals surface area contributed by atoms with E-state index in [1.807, 2.05) is 60.7 Å². The number of ether oxygens (including phenoxy) is 3. The zero-order valence-corrected chi connectivity index (χ0v) is 23.5. The van der Waals surface area contributed by atoms with Gasteiger partial charge in [0.1, 0.15) is 19.0 Å². The Morgan fingerprint density at radius 3 is 1.46 bits per heavy atom. The highest BCUT2D eigenvalue weighted by molar-refractivity contribution is 5.82. The third-order valence-corrected chi connectivity index (χ3v) is 7.34. The van der Waals surface area contributed by atoms with E-state index in [0.717, 1.165) is 24.3 Å². The molecule has 41 heavy (non-hydrogen) atoms. The lowest BCUT2D eigenvalue weighted by molar-refractivity contribution is -0.152. The lowest BCUT2D eigenvalue weighted by Gasteiger charge is -2.21. The monoisotopic (exact) mass is 570 g/mol. The predicted molar refractivity (Wildman–Crippen MR) is 151 cm³/mol. The van der Waals surface area contributed by atoms with E-state index in [4.69, 9.17) is 14.2 Å². The third-order valence-electron chi connectivity index (χ3n) is 7.34. The normalized spacial score (nSPS) is 18.7. The van der Waals surface area contributed by atoms with Gasteiger partial charge in [-0.25, -0.2) is 0 Å². The van der Waals surface area contributed by atoms with Gasteiger partial charge in [-0.15, -0.1) is 0 Å². The van der Waals surface area contributed by atoms with Gasteiger partial charge in [0, 0.05) is 26.1 Å². The van der Waals surface area contributed by atoms with Crippen LogP contribution in [0.3, 0.4) is 0 Å². The lowest BCUT2D eigenvalue weighted by Crippen LogP contribution is -2.23. The van der Waals surface area contributed by atoms with Crippen molar-refractivity contribution in [3.05, 3.63) is 83.4 Å². The summed E-state index contributed by atoms with van der Waals surface area (Å²) in [6.45, 7) is 2.57. The molecule has 0 amide bonds. The summed E-state index contributed by atoms with van der Waals surface area (Å²) in [4.78, 5) is 34.6. The number of Topliss-reactive ketones (excluding diaryl/α,β-unsaturated/α-hetero) is 1. The van der Waals surface area contributed by atoms with Crippen LogP contribution in [0.1, 0.15) is 75.3 Å². The molecule has 1 heterocycles. The molecule has 2 aromatic rings. The number of hydrogen-bond acceptors (Lipinski definition) is 6. The summed E-state index contributed by atoms with van der Waals surface area (Å²) in [5.41, 5.74) is 2.11. The van der Waals surface area contributed by atoms with E-state index >= 15 is 0 Å². The molecular formula is C33H40F2O6. The van der Waals surface area contributed by atoms with E-state index in [9.17, 15) is 23.2 Å². The fourth-order valence-electron chi connectivity index (χ4n) is 4.77. The fraction of sp³-hybridized carbons (Fsp3) is 0.485. The smallest absolute Gasteiger partial charge is 0.309 e. The summed E-state index contributed by atoms with van der Waals surface area (Å²) in [5.74, 6) is -0.510. The molecule has 0 N–H and O–H groups in total. The molecule has 0 atom stereocenters.